The Labute approximate surface area is 117 Å². The summed E-state index contributed by atoms with van der Waals surface area (Å²) in [6.45, 7) is 10.3. The van der Waals surface area contributed by atoms with E-state index >= 15 is 0 Å². The first kappa shape index (κ1) is 14.5. The Morgan fingerprint density at radius 2 is 2.26 bits per heavy atom. The zero-order valence-corrected chi connectivity index (χ0v) is 12.8. The fourth-order valence-electron chi connectivity index (χ4n) is 2.93. The molecule has 1 aliphatic heterocycles. The summed E-state index contributed by atoms with van der Waals surface area (Å²) < 4.78 is 1.99. The molecule has 2 rings (SSSR count). The van der Waals surface area contributed by atoms with Gasteiger partial charge in [-0.3, -0.25) is 9.58 Å². The Morgan fingerprint density at radius 3 is 2.84 bits per heavy atom. The maximum absolute atomic E-state index is 4.25. The molecule has 2 heterocycles. The van der Waals surface area contributed by atoms with Crippen molar-refractivity contribution in [3.05, 3.63) is 18.0 Å². The first-order valence-corrected chi connectivity index (χ1v) is 7.54. The maximum atomic E-state index is 4.25. The summed E-state index contributed by atoms with van der Waals surface area (Å²) >= 11 is 0. The molecule has 0 bridgehead atoms. The van der Waals surface area contributed by atoms with Gasteiger partial charge in [0, 0.05) is 56.6 Å². The average molecular weight is 264 g/mol. The molecule has 1 aromatic rings. The lowest BCUT2D eigenvalue weighted by Gasteiger charge is -2.46. The van der Waals surface area contributed by atoms with Gasteiger partial charge in [-0.1, -0.05) is 13.8 Å². The number of nitrogens with one attached hydrogen (secondary N) is 1. The molecule has 1 saturated heterocycles. The van der Waals surface area contributed by atoms with Crippen molar-refractivity contribution in [3.63, 3.8) is 0 Å². The highest BCUT2D eigenvalue weighted by molar-refractivity contribution is 5.02. The van der Waals surface area contributed by atoms with Gasteiger partial charge in [0.05, 0.1) is 0 Å². The molecule has 0 radical (unpaired) electrons. The highest BCUT2D eigenvalue weighted by atomic mass is 15.3. The summed E-state index contributed by atoms with van der Waals surface area (Å²) in [7, 11) is 2.03. The summed E-state index contributed by atoms with van der Waals surface area (Å²) in [6, 6.07) is 2.80. The van der Waals surface area contributed by atoms with E-state index in [1.165, 1.54) is 18.5 Å². The van der Waals surface area contributed by atoms with Gasteiger partial charge in [-0.2, -0.15) is 5.10 Å². The van der Waals surface area contributed by atoms with E-state index in [4.69, 9.17) is 0 Å². The zero-order chi connectivity index (χ0) is 13.9. The van der Waals surface area contributed by atoms with E-state index in [1.54, 1.807) is 0 Å². The molecule has 108 valence electrons. The molecule has 1 N–H and O–H groups in total. The highest BCUT2D eigenvalue weighted by Gasteiger charge is 2.33. The van der Waals surface area contributed by atoms with Gasteiger partial charge in [-0.05, 0) is 25.8 Å². The van der Waals surface area contributed by atoms with Gasteiger partial charge in [0.1, 0.15) is 0 Å². The molecule has 19 heavy (non-hydrogen) atoms. The second kappa shape index (κ2) is 6.06. The van der Waals surface area contributed by atoms with E-state index in [2.05, 4.69) is 42.2 Å². The molecule has 0 amide bonds. The van der Waals surface area contributed by atoms with Gasteiger partial charge in [0.15, 0.2) is 0 Å². The molecular formula is C15H28N4. The van der Waals surface area contributed by atoms with Crippen LogP contribution in [0, 0.1) is 0 Å². The Morgan fingerprint density at radius 1 is 1.47 bits per heavy atom. The summed E-state index contributed by atoms with van der Waals surface area (Å²) in [5, 5.41) is 7.97. The van der Waals surface area contributed by atoms with E-state index in [0.717, 1.165) is 26.1 Å². The first-order valence-electron chi connectivity index (χ1n) is 7.54. The van der Waals surface area contributed by atoms with Gasteiger partial charge in [-0.25, -0.2) is 0 Å². The summed E-state index contributed by atoms with van der Waals surface area (Å²) in [4.78, 5) is 2.66. The minimum absolute atomic E-state index is 0.276. The van der Waals surface area contributed by atoms with Crippen molar-refractivity contribution in [1.29, 1.82) is 0 Å². The second-order valence-corrected chi connectivity index (χ2v) is 6.02. The molecular weight excluding hydrogens is 236 g/mol. The van der Waals surface area contributed by atoms with Crippen LogP contribution in [0.1, 0.15) is 39.3 Å². The van der Waals surface area contributed by atoms with Crippen LogP contribution in [-0.4, -0.2) is 45.9 Å². The Hall–Kier alpha value is -0.870. The van der Waals surface area contributed by atoms with Crippen molar-refractivity contribution < 1.29 is 0 Å². The van der Waals surface area contributed by atoms with Crippen molar-refractivity contribution in [3.8, 4) is 0 Å². The molecule has 0 saturated carbocycles. The summed E-state index contributed by atoms with van der Waals surface area (Å²) in [5.74, 6) is 0. The Kier molecular flexibility index (Phi) is 4.63. The third-order valence-corrected chi connectivity index (χ3v) is 4.66. The van der Waals surface area contributed by atoms with E-state index in [-0.39, 0.29) is 5.54 Å². The van der Waals surface area contributed by atoms with Crippen LogP contribution in [0.15, 0.2) is 12.3 Å². The number of hydrogen-bond donors (Lipinski definition) is 1. The number of hydrogen-bond acceptors (Lipinski definition) is 3. The third-order valence-electron chi connectivity index (χ3n) is 4.66. The normalized spacial score (nSPS) is 28.7. The average Bonchev–Trinajstić information content (AvgIpc) is 2.82. The van der Waals surface area contributed by atoms with Crippen molar-refractivity contribution in [2.75, 3.05) is 19.6 Å². The van der Waals surface area contributed by atoms with E-state index in [9.17, 15) is 0 Å². The van der Waals surface area contributed by atoms with Crippen LogP contribution in [0.3, 0.4) is 0 Å². The molecule has 1 aliphatic rings. The highest BCUT2D eigenvalue weighted by Crippen LogP contribution is 2.20. The van der Waals surface area contributed by atoms with Gasteiger partial charge in [0.25, 0.3) is 0 Å². The van der Waals surface area contributed by atoms with Gasteiger partial charge < -0.3 is 5.32 Å². The molecule has 2 atom stereocenters. The van der Waals surface area contributed by atoms with Crippen LogP contribution >= 0.6 is 0 Å². The summed E-state index contributed by atoms with van der Waals surface area (Å²) in [6.07, 6.45) is 5.39. The van der Waals surface area contributed by atoms with Gasteiger partial charge in [-0.15, -0.1) is 0 Å². The summed E-state index contributed by atoms with van der Waals surface area (Å²) in [5.41, 5.74) is 1.60. The SMILES string of the molecule is CCC1CNC(C)(CC)CN1CCc1ccnn1C. The fourth-order valence-corrected chi connectivity index (χ4v) is 2.93. The maximum Gasteiger partial charge on any atom is 0.0492 e. The molecule has 4 heteroatoms. The number of aromatic nitrogens is 2. The van der Waals surface area contributed by atoms with Crippen LogP contribution < -0.4 is 5.32 Å². The molecule has 1 fully saturated rings. The monoisotopic (exact) mass is 264 g/mol. The van der Waals surface area contributed by atoms with Crippen LogP contribution in [0.2, 0.25) is 0 Å². The number of piperazine rings is 1. The van der Waals surface area contributed by atoms with Crippen molar-refractivity contribution in [2.24, 2.45) is 7.05 Å². The molecule has 4 nitrogen and oxygen atoms in total. The second-order valence-electron chi connectivity index (χ2n) is 6.02. The topological polar surface area (TPSA) is 33.1 Å². The number of nitrogens with zero attached hydrogens (tertiary/aromatic N) is 3. The van der Waals surface area contributed by atoms with Crippen LogP contribution in [0.5, 0.6) is 0 Å². The number of aryl methyl sites for hydroxylation is 1. The third kappa shape index (κ3) is 3.37. The molecule has 0 spiro atoms. The van der Waals surface area contributed by atoms with Crippen LogP contribution in [-0.2, 0) is 13.5 Å². The molecule has 0 aromatic carbocycles. The first-order chi connectivity index (χ1) is 9.08. The van der Waals surface area contributed by atoms with Crippen molar-refractivity contribution >= 4 is 0 Å². The van der Waals surface area contributed by atoms with Crippen molar-refractivity contribution in [1.82, 2.24) is 20.0 Å². The van der Waals surface area contributed by atoms with Gasteiger partial charge >= 0.3 is 0 Å². The standard InChI is InChI=1S/C15H28N4/c1-5-13-11-16-15(3,6-2)12-19(13)10-8-14-7-9-17-18(14)4/h7,9,13,16H,5-6,8,10-12H2,1-4H3. The van der Waals surface area contributed by atoms with Crippen molar-refractivity contribution in [2.45, 2.75) is 51.6 Å². The van der Waals surface area contributed by atoms with Crippen LogP contribution in [0.4, 0.5) is 0 Å². The lowest BCUT2D eigenvalue weighted by Crippen LogP contribution is -2.62. The molecule has 0 aliphatic carbocycles. The minimum Gasteiger partial charge on any atom is -0.309 e. The quantitative estimate of drug-likeness (QED) is 0.880. The molecule has 1 aromatic heterocycles. The lowest BCUT2D eigenvalue weighted by molar-refractivity contribution is 0.0827. The Balaban J connectivity index is 1.97. The van der Waals surface area contributed by atoms with Crippen LogP contribution in [0.25, 0.3) is 0 Å². The number of rotatable bonds is 5. The molecule has 2 unspecified atom stereocenters. The Bertz CT molecular complexity index is 401. The zero-order valence-electron chi connectivity index (χ0n) is 12.8. The largest absolute Gasteiger partial charge is 0.309 e. The van der Waals surface area contributed by atoms with Gasteiger partial charge in [0.2, 0.25) is 0 Å². The predicted molar refractivity (Wildman–Crippen MR) is 79.3 cm³/mol. The lowest BCUT2D eigenvalue weighted by atomic mass is 9.92. The predicted octanol–water partition coefficient (Wildman–Crippen LogP) is 1.82. The van der Waals surface area contributed by atoms with E-state index < -0.39 is 0 Å². The fraction of sp³-hybridized carbons (Fsp3) is 0.800. The van der Waals surface area contributed by atoms with E-state index in [0.29, 0.717) is 6.04 Å². The van der Waals surface area contributed by atoms with E-state index in [1.807, 2.05) is 17.9 Å². The smallest absolute Gasteiger partial charge is 0.0492 e. The minimum atomic E-state index is 0.276.